The molecule has 0 unspecified atom stereocenters. The number of benzene rings is 16. The average molecular weight is 1270 g/mol. The molecule has 0 fully saturated rings. The molecule has 0 aliphatic rings. The van der Waals surface area contributed by atoms with E-state index < -0.39 is 0 Å². The molecular formula is C96H64N4. The number of fused-ring (bicyclic) bond motifs is 12. The van der Waals surface area contributed by atoms with Gasteiger partial charge in [-0.1, -0.05) is 261 Å². The van der Waals surface area contributed by atoms with E-state index >= 15 is 0 Å². The minimum Gasteiger partial charge on any atom is -0.309 e. The van der Waals surface area contributed by atoms with Crippen molar-refractivity contribution < 1.29 is 0 Å². The lowest BCUT2D eigenvalue weighted by atomic mass is 9.98. The Bertz CT molecular complexity index is 6420. The van der Waals surface area contributed by atoms with Crippen LogP contribution in [0.25, 0.3) is 177 Å². The summed E-state index contributed by atoms with van der Waals surface area (Å²) in [5.74, 6) is 0. The van der Waals surface area contributed by atoms with Crippen molar-refractivity contribution in [1.29, 1.82) is 0 Å². The van der Waals surface area contributed by atoms with Crippen LogP contribution >= 0.6 is 0 Å². The third-order valence-corrected chi connectivity index (χ3v) is 20.2. The van der Waals surface area contributed by atoms with E-state index in [9.17, 15) is 0 Å². The molecule has 0 bridgehead atoms. The van der Waals surface area contributed by atoms with Gasteiger partial charge in [0.2, 0.25) is 0 Å². The van der Waals surface area contributed by atoms with Gasteiger partial charge < -0.3 is 18.3 Å². The largest absolute Gasteiger partial charge is 0.309 e. The zero-order valence-electron chi connectivity index (χ0n) is 54.7. The molecule has 4 nitrogen and oxygen atoms in total. The summed E-state index contributed by atoms with van der Waals surface area (Å²) in [7, 11) is 0. The predicted octanol–water partition coefficient (Wildman–Crippen LogP) is 25.8. The summed E-state index contributed by atoms with van der Waals surface area (Å²) in [6.07, 6.45) is 0. The molecule has 4 heterocycles. The van der Waals surface area contributed by atoms with Crippen LogP contribution in [-0.2, 0) is 0 Å². The van der Waals surface area contributed by atoms with Crippen molar-refractivity contribution in [2.45, 2.75) is 0 Å². The molecule has 4 heteroatoms. The summed E-state index contributed by atoms with van der Waals surface area (Å²) in [6.45, 7) is 0. The SMILES string of the molecule is c1ccc(-c2cc(-c3ccccc3)cc(-n3c4ccccc4c4cc(-c5ccc6c(c5)c5ccccc5n6-c5ccccc5)ccc43)c2)cc1.c1ccc(-c2ccc(-c3cccc(-n4c5ccccc5c5cc(-c6ccc7c(c6)c6ccccc6n7-c6ccccc6)ccc54)c3)cc2)cc1. The maximum Gasteiger partial charge on any atom is 0.0541 e. The fourth-order valence-corrected chi connectivity index (χ4v) is 15.5. The van der Waals surface area contributed by atoms with Crippen molar-refractivity contribution in [2.24, 2.45) is 0 Å². The van der Waals surface area contributed by atoms with Gasteiger partial charge in [-0.2, -0.15) is 0 Å². The van der Waals surface area contributed by atoms with E-state index in [2.05, 4.69) is 407 Å². The summed E-state index contributed by atoms with van der Waals surface area (Å²) in [4.78, 5) is 0. The highest BCUT2D eigenvalue weighted by molar-refractivity contribution is 6.15. The quantitative estimate of drug-likeness (QED) is 0.130. The first-order chi connectivity index (χ1) is 49.6. The highest BCUT2D eigenvalue weighted by Crippen LogP contribution is 2.43. The molecule has 0 saturated carbocycles. The van der Waals surface area contributed by atoms with Crippen LogP contribution in [0, 0.1) is 0 Å². The van der Waals surface area contributed by atoms with E-state index in [4.69, 9.17) is 0 Å². The Balaban J connectivity index is 0.000000139. The van der Waals surface area contributed by atoms with Gasteiger partial charge in [-0.25, -0.2) is 0 Å². The van der Waals surface area contributed by atoms with Gasteiger partial charge >= 0.3 is 0 Å². The lowest BCUT2D eigenvalue weighted by Gasteiger charge is -2.14. The highest BCUT2D eigenvalue weighted by Gasteiger charge is 2.20. The van der Waals surface area contributed by atoms with Crippen molar-refractivity contribution in [3.63, 3.8) is 0 Å². The normalized spacial score (nSPS) is 11.6. The molecule has 16 aromatic carbocycles. The number of para-hydroxylation sites is 6. The van der Waals surface area contributed by atoms with Crippen molar-refractivity contribution in [2.75, 3.05) is 0 Å². The van der Waals surface area contributed by atoms with E-state index in [1.807, 2.05) is 0 Å². The fourth-order valence-electron chi connectivity index (χ4n) is 15.5. The molecule has 0 aliphatic heterocycles. The molecular weight excluding hydrogens is 1210 g/mol. The lowest BCUT2D eigenvalue weighted by molar-refractivity contribution is 1.18. The second kappa shape index (κ2) is 24.4. The smallest absolute Gasteiger partial charge is 0.0541 e. The average Bonchev–Trinajstić information content (AvgIpc) is 1.60. The molecule has 20 aromatic rings. The minimum absolute atomic E-state index is 1.15. The number of aromatic nitrogens is 4. The van der Waals surface area contributed by atoms with Crippen LogP contribution in [0.5, 0.6) is 0 Å². The zero-order chi connectivity index (χ0) is 66.0. The maximum atomic E-state index is 2.43. The fraction of sp³-hybridized carbons (Fsp3) is 0. The predicted molar refractivity (Wildman–Crippen MR) is 423 cm³/mol. The molecule has 468 valence electrons. The topological polar surface area (TPSA) is 19.7 Å². The summed E-state index contributed by atoms with van der Waals surface area (Å²) in [6, 6.07) is 141. The second-order valence-corrected chi connectivity index (χ2v) is 26.0. The van der Waals surface area contributed by atoms with E-state index in [0.717, 1.165) is 11.4 Å². The summed E-state index contributed by atoms with van der Waals surface area (Å²) in [5.41, 5.74) is 28.9. The van der Waals surface area contributed by atoms with Crippen LogP contribution < -0.4 is 0 Å². The van der Waals surface area contributed by atoms with Crippen molar-refractivity contribution in [3.8, 4) is 89.5 Å². The molecule has 0 N–H and O–H groups in total. The van der Waals surface area contributed by atoms with Crippen molar-refractivity contribution in [3.05, 3.63) is 388 Å². The molecule has 0 saturated heterocycles. The molecule has 20 rings (SSSR count). The molecule has 0 amide bonds. The van der Waals surface area contributed by atoms with Crippen LogP contribution in [0.4, 0.5) is 0 Å². The van der Waals surface area contributed by atoms with E-state index in [-0.39, 0.29) is 0 Å². The Labute approximate surface area is 579 Å². The van der Waals surface area contributed by atoms with E-state index in [1.165, 1.54) is 165 Å². The standard InChI is InChI=1S/2C48H32N2/c1-4-14-33(15-5-1)37-28-38(34-16-6-2-7-17-34)30-40(29-37)50-46-23-13-11-21-42(46)44-32-36(25-27-48(44)50)35-24-26-47-43(31-35)41-20-10-12-22-45(41)49(47)39-18-8-3-9-19-39;1-3-12-33(13-4-1)34-22-24-35(25-23-34)36-14-11-17-40(30-36)50-46-21-10-8-19-42(46)44-32-38(27-29-48(44)50)37-26-28-47-43(31-37)41-18-7-9-20-45(41)49(47)39-15-5-2-6-16-39/h2*1-32H. The maximum absolute atomic E-state index is 2.43. The van der Waals surface area contributed by atoms with Crippen LogP contribution in [-0.4, -0.2) is 18.3 Å². The highest BCUT2D eigenvalue weighted by atomic mass is 15.0. The third-order valence-electron chi connectivity index (χ3n) is 20.2. The molecule has 0 radical (unpaired) electrons. The van der Waals surface area contributed by atoms with Gasteiger partial charge in [0.1, 0.15) is 0 Å². The van der Waals surface area contributed by atoms with Gasteiger partial charge in [-0.15, -0.1) is 0 Å². The molecule has 0 spiro atoms. The van der Waals surface area contributed by atoms with Crippen molar-refractivity contribution >= 4 is 87.2 Å². The number of nitrogens with zero attached hydrogens (tertiary/aromatic N) is 4. The summed E-state index contributed by atoms with van der Waals surface area (Å²) < 4.78 is 9.59. The Morgan fingerprint density at radius 3 is 0.690 bits per heavy atom. The first-order valence-corrected chi connectivity index (χ1v) is 34.4. The van der Waals surface area contributed by atoms with Crippen LogP contribution in [0.2, 0.25) is 0 Å². The van der Waals surface area contributed by atoms with Gasteiger partial charge in [-0.05, 0) is 194 Å². The van der Waals surface area contributed by atoms with Gasteiger partial charge in [0, 0.05) is 65.8 Å². The van der Waals surface area contributed by atoms with E-state index in [1.54, 1.807) is 0 Å². The van der Waals surface area contributed by atoms with Crippen LogP contribution in [0.1, 0.15) is 0 Å². The van der Waals surface area contributed by atoms with Gasteiger partial charge in [0.15, 0.2) is 0 Å². The first kappa shape index (κ1) is 58.1. The van der Waals surface area contributed by atoms with Gasteiger partial charge in [-0.3, -0.25) is 0 Å². The zero-order valence-corrected chi connectivity index (χ0v) is 54.7. The summed E-state index contributed by atoms with van der Waals surface area (Å²) >= 11 is 0. The molecule has 100 heavy (non-hydrogen) atoms. The van der Waals surface area contributed by atoms with Gasteiger partial charge in [0.05, 0.1) is 44.1 Å². The number of hydrogen-bond donors (Lipinski definition) is 0. The number of rotatable bonds is 10. The Morgan fingerprint density at radius 1 is 0.110 bits per heavy atom. The minimum atomic E-state index is 1.15. The Kier molecular flexibility index (Phi) is 14.2. The Morgan fingerprint density at radius 2 is 0.330 bits per heavy atom. The monoisotopic (exact) mass is 1270 g/mol. The molecule has 0 atom stereocenters. The van der Waals surface area contributed by atoms with Gasteiger partial charge in [0.25, 0.3) is 0 Å². The number of hydrogen-bond acceptors (Lipinski definition) is 0. The van der Waals surface area contributed by atoms with Crippen LogP contribution in [0.3, 0.4) is 0 Å². The van der Waals surface area contributed by atoms with Crippen molar-refractivity contribution in [1.82, 2.24) is 18.3 Å². The second-order valence-electron chi connectivity index (χ2n) is 26.0. The Hall–Kier alpha value is -13.3. The molecule has 4 aromatic heterocycles. The third kappa shape index (κ3) is 10.1. The first-order valence-electron chi connectivity index (χ1n) is 34.4. The van der Waals surface area contributed by atoms with Crippen LogP contribution in [0.15, 0.2) is 388 Å². The lowest BCUT2D eigenvalue weighted by Crippen LogP contribution is -1.96. The van der Waals surface area contributed by atoms with E-state index in [0.29, 0.717) is 0 Å². The molecule has 0 aliphatic carbocycles. The summed E-state index contributed by atoms with van der Waals surface area (Å²) in [5, 5.41) is 10.0.